The lowest BCUT2D eigenvalue weighted by Crippen LogP contribution is -2.78. The maximum Gasteiger partial charge on any atom is 0.267 e. The highest BCUT2D eigenvalue weighted by Gasteiger charge is 2.02. The minimum absolute atomic E-state index is 1.04. The van der Waals surface area contributed by atoms with Crippen molar-refractivity contribution in [2.45, 2.75) is 13.8 Å². The Labute approximate surface area is 83.3 Å². The second-order valence-corrected chi connectivity index (χ2v) is 4.15. The fourth-order valence-electron chi connectivity index (χ4n) is 0.558. The van der Waals surface area contributed by atoms with Crippen molar-refractivity contribution >= 4 is 14.2 Å². The van der Waals surface area contributed by atoms with E-state index in [2.05, 4.69) is 21.0 Å². The fourth-order valence-corrected chi connectivity index (χ4v) is 0.707. The van der Waals surface area contributed by atoms with E-state index in [1.807, 2.05) is 18.6 Å². The summed E-state index contributed by atoms with van der Waals surface area (Å²) in [5.41, 5.74) is 2.42. The molecule has 14 heavy (non-hydrogen) atoms. The van der Waals surface area contributed by atoms with Gasteiger partial charge in [0, 0.05) is 21.1 Å². The first-order chi connectivity index (χ1) is 6.43. The molecule has 1 heterocycles. The quantitative estimate of drug-likeness (QED) is 0.643. The third kappa shape index (κ3) is 5.26. The molecule has 0 aliphatic carbocycles. The Morgan fingerprint density at radius 2 is 1.93 bits per heavy atom. The van der Waals surface area contributed by atoms with Gasteiger partial charge in [-0.1, -0.05) is 0 Å². The number of nitrogens with two attached hydrogens (primary N) is 1. The van der Waals surface area contributed by atoms with Crippen molar-refractivity contribution in [1.29, 1.82) is 0 Å². The summed E-state index contributed by atoms with van der Waals surface area (Å²) in [6.45, 7) is 4.07. The first-order valence-electron chi connectivity index (χ1n) is 3.90. The van der Waals surface area contributed by atoms with Crippen molar-refractivity contribution in [2.75, 3.05) is 14.2 Å². The Hall–Kier alpha value is -0.520. The van der Waals surface area contributed by atoms with Crippen molar-refractivity contribution in [3.8, 4) is 0 Å². The van der Waals surface area contributed by atoms with Crippen molar-refractivity contribution in [3.05, 3.63) is 11.4 Å². The van der Waals surface area contributed by atoms with Crippen molar-refractivity contribution in [2.24, 2.45) is 4.99 Å². The van der Waals surface area contributed by atoms with Crippen LogP contribution in [0.25, 0.3) is 0 Å². The van der Waals surface area contributed by atoms with E-state index in [0.717, 1.165) is 19.9 Å². The van der Waals surface area contributed by atoms with Crippen molar-refractivity contribution < 1.29 is 23.8 Å². The molecule has 2 N–H and O–H groups in total. The molecular formula is C7H15N2O4P. The lowest BCUT2D eigenvalue weighted by molar-refractivity contribution is -0.469. The second kappa shape index (κ2) is 6.06. The van der Waals surface area contributed by atoms with Crippen LogP contribution in [0.1, 0.15) is 13.8 Å². The lowest BCUT2D eigenvalue weighted by Gasteiger charge is -2.16. The lowest BCUT2D eigenvalue weighted by atomic mass is 10.4. The molecule has 0 fully saturated rings. The largest absolute Gasteiger partial charge is 0.756 e. The highest BCUT2D eigenvalue weighted by Crippen LogP contribution is 2.34. The predicted molar refractivity (Wildman–Crippen MR) is 50.4 cm³/mol. The molecule has 1 rings (SSSR count). The molecule has 1 aliphatic rings. The van der Waals surface area contributed by atoms with E-state index in [-0.39, 0.29) is 0 Å². The van der Waals surface area contributed by atoms with E-state index in [1.54, 1.807) is 0 Å². The van der Waals surface area contributed by atoms with Crippen LogP contribution in [-0.2, 0) is 13.6 Å². The van der Waals surface area contributed by atoms with Crippen LogP contribution >= 0.6 is 7.82 Å². The molecule has 1 aliphatic heterocycles. The number of phosphoric ester groups is 1. The molecule has 7 heteroatoms. The van der Waals surface area contributed by atoms with Gasteiger partial charge in [-0.05, 0) is 6.92 Å². The van der Waals surface area contributed by atoms with Crippen LogP contribution < -0.4 is 10.2 Å². The average Bonchev–Trinajstić information content (AvgIpc) is 2.52. The van der Waals surface area contributed by atoms with E-state index in [1.165, 1.54) is 5.70 Å². The summed E-state index contributed by atoms with van der Waals surface area (Å²) in [5.74, 6) is 0. The molecule has 0 spiro atoms. The topological polar surface area (TPSA) is 87.6 Å². The van der Waals surface area contributed by atoms with Gasteiger partial charge < -0.3 is 13.9 Å². The number of allylic oxidation sites excluding steroid dienone is 2. The Balaban J connectivity index is 0.000000241. The highest BCUT2D eigenvalue weighted by molar-refractivity contribution is 7.45. The number of hydrogen-bond acceptors (Lipinski definition) is 5. The van der Waals surface area contributed by atoms with Crippen LogP contribution in [0.3, 0.4) is 0 Å². The second-order valence-electron chi connectivity index (χ2n) is 2.53. The molecule has 0 unspecified atom stereocenters. The van der Waals surface area contributed by atoms with Gasteiger partial charge in [-0.15, -0.1) is 0 Å². The van der Waals surface area contributed by atoms with Gasteiger partial charge in [0.05, 0.1) is 5.70 Å². The molecule has 0 saturated carbocycles. The Morgan fingerprint density at radius 3 is 2.00 bits per heavy atom. The first kappa shape index (κ1) is 13.5. The molecule has 0 saturated heterocycles. The van der Waals surface area contributed by atoms with Crippen LogP contribution in [0.15, 0.2) is 16.4 Å². The number of phosphoric acid groups is 1. The van der Waals surface area contributed by atoms with E-state index < -0.39 is 7.82 Å². The molecular weight excluding hydrogens is 207 g/mol. The maximum atomic E-state index is 9.95. The van der Waals surface area contributed by atoms with Gasteiger partial charge in [-0.25, -0.2) is 4.99 Å². The normalized spacial score (nSPS) is 15.5. The van der Waals surface area contributed by atoms with E-state index in [0.29, 0.717) is 0 Å². The van der Waals surface area contributed by atoms with E-state index >= 15 is 0 Å². The maximum absolute atomic E-state index is 9.95. The number of quaternary nitrogens is 1. The SMILES string of the molecule is CC1=C(C)[NH2+]C=N1.COP(=O)([O-])OC. The van der Waals surface area contributed by atoms with Gasteiger partial charge >= 0.3 is 0 Å². The molecule has 0 aromatic heterocycles. The molecule has 82 valence electrons. The van der Waals surface area contributed by atoms with Gasteiger partial charge in [0.25, 0.3) is 7.82 Å². The van der Waals surface area contributed by atoms with Crippen LogP contribution in [0.5, 0.6) is 0 Å². The number of nitrogens with zero attached hydrogens (tertiary/aromatic N) is 1. The fraction of sp³-hybridized carbons (Fsp3) is 0.571. The number of aliphatic imine (C=N–C) groups is 1. The molecule has 0 radical (unpaired) electrons. The zero-order valence-electron chi connectivity index (χ0n) is 8.68. The third-order valence-corrected chi connectivity index (χ3v) is 2.51. The van der Waals surface area contributed by atoms with Crippen molar-refractivity contribution in [1.82, 2.24) is 0 Å². The minimum Gasteiger partial charge on any atom is -0.756 e. The van der Waals surface area contributed by atoms with Gasteiger partial charge in [-0.2, -0.15) is 0 Å². The summed E-state index contributed by atoms with van der Waals surface area (Å²) in [6.07, 6.45) is 1.82. The first-order valence-corrected chi connectivity index (χ1v) is 5.36. The zero-order valence-corrected chi connectivity index (χ0v) is 9.58. The molecule has 0 aromatic carbocycles. The number of hydrogen-bond donors (Lipinski definition) is 1. The van der Waals surface area contributed by atoms with Crippen LogP contribution in [-0.4, -0.2) is 20.6 Å². The summed E-state index contributed by atoms with van der Waals surface area (Å²) >= 11 is 0. The van der Waals surface area contributed by atoms with Crippen molar-refractivity contribution in [3.63, 3.8) is 0 Å². The summed E-state index contributed by atoms with van der Waals surface area (Å²) < 4.78 is 17.7. The van der Waals surface area contributed by atoms with Crippen LogP contribution in [0.2, 0.25) is 0 Å². The Bertz CT molecular complexity index is 279. The number of rotatable bonds is 2. The van der Waals surface area contributed by atoms with Crippen LogP contribution in [0, 0.1) is 0 Å². The standard InChI is InChI=1S/C5H8N2.C2H7O4P/c1-4-5(2)7-3-6-4;1-5-7(3,4)6-2/h3H,1-2H3,(H,6,7);1-2H3,(H,3,4). The van der Waals surface area contributed by atoms with E-state index in [9.17, 15) is 9.46 Å². The van der Waals surface area contributed by atoms with E-state index in [4.69, 9.17) is 0 Å². The summed E-state index contributed by atoms with van der Waals surface area (Å²) in [7, 11) is -1.83. The Morgan fingerprint density at radius 1 is 1.43 bits per heavy atom. The summed E-state index contributed by atoms with van der Waals surface area (Å²) in [6, 6.07) is 0. The van der Waals surface area contributed by atoms with Crippen LogP contribution in [0.4, 0.5) is 0 Å². The molecule has 0 atom stereocenters. The molecule has 6 nitrogen and oxygen atoms in total. The van der Waals surface area contributed by atoms with Gasteiger partial charge in [0.2, 0.25) is 0 Å². The molecule has 0 amide bonds. The third-order valence-electron chi connectivity index (χ3n) is 1.61. The molecule has 0 bridgehead atoms. The Kier molecular flexibility index (Phi) is 5.83. The smallest absolute Gasteiger partial charge is 0.267 e. The minimum atomic E-state index is -3.90. The van der Waals surface area contributed by atoms with Gasteiger partial charge in [-0.3, -0.25) is 9.88 Å². The summed E-state index contributed by atoms with van der Waals surface area (Å²) in [5, 5.41) is 2.01. The summed E-state index contributed by atoms with van der Waals surface area (Å²) in [4.78, 5) is 14.0. The predicted octanol–water partition coefficient (Wildman–Crippen LogP) is -0.409. The van der Waals surface area contributed by atoms with Gasteiger partial charge in [0.15, 0.2) is 6.34 Å². The average molecular weight is 222 g/mol. The monoisotopic (exact) mass is 222 g/mol. The highest BCUT2D eigenvalue weighted by atomic mass is 31.2. The van der Waals surface area contributed by atoms with Gasteiger partial charge in [0.1, 0.15) is 5.70 Å². The molecule has 0 aromatic rings. The zero-order chi connectivity index (χ0) is 11.2.